The molecule has 4 aromatic rings. The van der Waals surface area contributed by atoms with Gasteiger partial charge in [-0.15, -0.1) is 0 Å². The second-order valence-corrected chi connectivity index (χ2v) is 11.4. The highest BCUT2D eigenvalue weighted by Crippen LogP contribution is 2.38. The molecule has 1 N–H and O–H groups in total. The van der Waals surface area contributed by atoms with Crippen LogP contribution in [-0.4, -0.2) is 47.8 Å². The molecule has 2 aliphatic rings. The Balaban J connectivity index is 1.35. The number of hydrogen-bond acceptors (Lipinski definition) is 5. The van der Waals surface area contributed by atoms with Gasteiger partial charge in [0.2, 0.25) is 11.8 Å². The van der Waals surface area contributed by atoms with E-state index >= 15 is 0 Å². The van der Waals surface area contributed by atoms with Gasteiger partial charge >= 0.3 is 6.55 Å². The zero-order valence-corrected chi connectivity index (χ0v) is 24.4. The molecule has 5 heterocycles. The standard InChI is InChI=1S/C31H30ClF2N7O2/c1-18-4-3-5-27(25-12-20(8-10-35-25)29-26(38-30(18)43)16-36-39(29)2)40-11-9-19(13-28(40)42)24-14-22(32)6-7-23(24)21-15-37-41(17-21)31(33)34/h6-8,10,12-18,27,31H,3-5,9,11H2,1-2H3,(H,38,43)/t18-,27+/m1/s1. The fourth-order valence-corrected chi connectivity index (χ4v) is 6.08. The third-order valence-corrected chi connectivity index (χ3v) is 8.41. The number of amides is 2. The van der Waals surface area contributed by atoms with E-state index in [1.165, 1.54) is 12.4 Å². The number of nitrogens with zero attached hydrogens (tertiary/aromatic N) is 6. The molecule has 2 amide bonds. The fourth-order valence-electron chi connectivity index (χ4n) is 5.91. The molecule has 3 aromatic heterocycles. The summed E-state index contributed by atoms with van der Waals surface area (Å²) in [6.45, 7) is -0.428. The van der Waals surface area contributed by atoms with Gasteiger partial charge in [-0.25, -0.2) is 4.68 Å². The third kappa shape index (κ3) is 5.69. The molecule has 222 valence electrons. The molecule has 0 unspecified atom stereocenters. The molecule has 2 atom stereocenters. The Morgan fingerprint density at radius 1 is 1.05 bits per heavy atom. The fraction of sp³-hybridized carbons (Fsp3) is 0.323. The molecule has 0 radical (unpaired) electrons. The maximum absolute atomic E-state index is 13.8. The quantitative estimate of drug-likeness (QED) is 0.286. The minimum atomic E-state index is -2.76. The lowest BCUT2D eigenvalue weighted by Crippen LogP contribution is -2.38. The summed E-state index contributed by atoms with van der Waals surface area (Å²) in [6.07, 6.45) is 10.2. The summed E-state index contributed by atoms with van der Waals surface area (Å²) in [5.74, 6) is -0.468. The molecule has 0 aliphatic carbocycles. The molecule has 0 saturated carbocycles. The SMILES string of the molecule is C[C@@H]1CCC[C@H](N2CCC(c3cc(Cl)ccc3-c3cnn(C(F)F)c3)=CC2=O)c2cc(ccn2)-c2c(cnn2C)NC1=O. The molecule has 1 aromatic carbocycles. The zero-order chi connectivity index (χ0) is 30.2. The molecule has 6 rings (SSSR count). The number of benzene rings is 1. The van der Waals surface area contributed by atoms with Gasteiger partial charge in [0.25, 0.3) is 0 Å². The highest BCUT2D eigenvalue weighted by Gasteiger charge is 2.31. The van der Waals surface area contributed by atoms with Crippen molar-refractivity contribution in [2.45, 2.75) is 45.2 Å². The van der Waals surface area contributed by atoms with Gasteiger partial charge in [-0.3, -0.25) is 19.3 Å². The van der Waals surface area contributed by atoms with Crippen LogP contribution in [-0.2, 0) is 16.6 Å². The van der Waals surface area contributed by atoms with Crippen molar-refractivity contribution in [1.29, 1.82) is 0 Å². The second-order valence-electron chi connectivity index (χ2n) is 11.0. The Labute approximate surface area is 252 Å². The summed E-state index contributed by atoms with van der Waals surface area (Å²) in [6, 6.07) is 8.73. The van der Waals surface area contributed by atoms with Gasteiger partial charge in [-0.1, -0.05) is 31.0 Å². The molecule has 43 heavy (non-hydrogen) atoms. The number of anilines is 1. The number of hydrogen-bond donors (Lipinski definition) is 1. The molecule has 9 nitrogen and oxygen atoms in total. The second kappa shape index (κ2) is 11.7. The van der Waals surface area contributed by atoms with Gasteiger partial charge in [-0.2, -0.15) is 19.0 Å². The average Bonchev–Trinajstić information content (AvgIpc) is 3.62. The highest BCUT2D eigenvalue weighted by atomic mass is 35.5. The molecule has 2 aliphatic heterocycles. The van der Waals surface area contributed by atoms with E-state index in [1.807, 2.05) is 31.0 Å². The number of carbonyl (C=O) groups excluding carboxylic acids is 2. The van der Waals surface area contributed by atoms with Crippen LogP contribution >= 0.6 is 11.6 Å². The van der Waals surface area contributed by atoms with Crippen molar-refractivity contribution in [1.82, 2.24) is 29.4 Å². The molecule has 12 heteroatoms. The van der Waals surface area contributed by atoms with Crippen molar-refractivity contribution in [2.75, 3.05) is 11.9 Å². The first-order valence-electron chi connectivity index (χ1n) is 14.1. The molecule has 0 saturated heterocycles. The van der Waals surface area contributed by atoms with Gasteiger partial charge in [-0.05, 0) is 60.2 Å². The summed E-state index contributed by atoms with van der Waals surface area (Å²) in [4.78, 5) is 33.3. The monoisotopic (exact) mass is 605 g/mol. The van der Waals surface area contributed by atoms with Gasteiger partial charge in [0.05, 0.1) is 35.5 Å². The maximum Gasteiger partial charge on any atom is 0.333 e. The smallest absolute Gasteiger partial charge is 0.330 e. The van der Waals surface area contributed by atoms with Crippen LogP contribution in [0, 0.1) is 5.92 Å². The van der Waals surface area contributed by atoms with Crippen molar-refractivity contribution in [2.24, 2.45) is 13.0 Å². The van der Waals surface area contributed by atoms with E-state index in [4.69, 9.17) is 11.6 Å². The lowest BCUT2D eigenvalue weighted by molar-refractivity contribution is -0.129. The van der Waals surface area contributed by atoms with Gasteiger partial charge < -0.3 is 10.2 Å². The van der Waals surface area contributed by atoms with Gasteiger partial charge in [0.1, 0.15) is 0 Å². The van der Waals surface area contributed by atoms with Crippen LogP contribution in [0.4, 0.5) is 14.5 Å². The minimum Gasteiger partial charge on any atom is -0.330 e. The van der Waals surface area contributed by atoms with Gasteiger partial charge in [0.15, 0.2) is 0 Å². The maximum atomic E-state index is 13.8. The van der Waals surface area contributed by atoms with E-state index in [2.05, 4.69) is 20.5 Å². The van der Waals surface area contributed by atoms with E-state index in [0.29, 0.717) is 57.9 Å². The lowest BCUT2D eigenvalue weighted by atomic mass is 9.90. The minimum absolute atomic E-state index is 0.0707. The Bertz CT molecular complexity index is 1730. The Hall–Kier alpha value is -4.38. The van der Waals surface area contributed by atoms with E-state index in [9.17, 15) is 18.4 Å². The predicted molar refractivity (Wildman–Crippen MR) is 159 cm³/mol. The topological polar surface area (TPSA) is 97.9 Å². The van der Waals surface area contributed by atoms with Gasteiger partial charge in [0, 0.05) is 54.1 Å². The van der Waals surface area contributed by atoms with Crippen molar-refractivity contribution in [3.63, 3.8) is 0 Å². The normalized spacial score (nSPS) is 19.4. The number of alkyl halides is 2. The number of fused-ring (bicyclic) bond motifs is 4. The number of carbonyl (C=O) groups is 2. The molecule has 0 fully saturated rings. The number of pyridine rings is 1. The van der Waals surface area contributed by atoms with Crippen LogP contribution in [0.1, 0.15) is 56.5 Å². The zero-order valence-electron chi connectivity index (χ0n) is 23.7. The van der Waals surface area contributed by atoms with Crippen molar-refractivity contribution < 1.29 is 18.4 Å². The van der Waals surface area contributed by atoms with Crippen LogP contribution in [0.3, 0.4) is 0 Å². The summed E-state index contributed by atoms with van der Waals surface area (Å²) in [5.41, 5.74) is 5.65. The first-order chi connectivity index (χ1) is 20.7. The number of nitrogens with one attached hydrogen (secondary N) is 1. The number of aryl methyl sites for hydroxylation is 1. The first kappa shape index (κ1) is 28.7. The van der Waals surface area contributed by atoms with Crippen LogP contribution in [0.15, 0.2) is 61.2 Å². The van der Waals surface area contributed by atoms with E-state index in [-0.39, 0.29) is 23.8 Å². The Morgan fingerprint density at radius 2 is 1.88 bits per heavy atom. The van der Waals surface area contributed by atoms with E-state index < -0.39 is 6.55 Å². The van der Waals surface area contributed by atoms with Crippen molar-refractivity contribution in [3.8, 4) is 22.4 Å². The van der Waals surface area contributed by atoms with Crippen LogP contribution < -0.4 is 5.32 Å². The molecule has 2 bridgehead atoms. The summed E-state index contributed by atoms with van der Waals surface area (Å²) >= 11 is 6.35. The van der Waals surface area contributed by atoms with Crippen molar-refractivity contribution >= 4 is 34.7 Å². The molecular formula is C31H30ClF2N7O2. The summed E-state index contributed by atoms with van der Waals surface area (Å²) in [7, 11) is 1.82. The average molecular weight is 606 g/mol. The largest absolute Gasteiger partial charge is 0.333 e. The molecule has 0 spiro atoms. The molecular weight excluding hydrogens is 576 g/mol. The van der Waals surface area contributed by atoms with E-state index in [1.54, 1.807) is 41.4 Å². The van der Waals surface area contributed by atoms with Crippen LogP contribution in [0.5, 0.6) is 0 Å². The number of rotatable bonds is 4. The summed E-state index contributed by atoms with van der Waals surface area (Å²) < 4.78 is 28.7. The third-order valence-electron chi connectivity index (χ3n) is 8.17. The lowest BCUT2D eigenvalue weighted by Gasteiger charge is -2.35. The summed E-state index contributed by atoms with van der Waals surface area (Å²) in [5, 5.41) is 11.6. The number of halogens is 3. The predicted octanol–water partition coefficient (Wildman–Crippen LogP) is 6.51. The Morgan fingerprint density at radius 3 is 2.65 bits per heavy atom. The van der Waals surface area contributed by atoms with E-state index in [0.717, 1.165) is 28.9 Å². The first-order valence-corrected chi connectivity index (χ1v) is 14.5. The highest BCUT2D eigenvalue weighted by molar-refractivity contribution is 6.31. The van der Waals surface area contributed by atoms with Crippen LogP contribution in [0.25, 0.3) is 28.0 Å². The van der Waals surface area contributed by atoms with Crippen molar-refractivity contribution in [3.05, 3.63) is 77.5 Å². The number of aromatic nitrogens is 5. The Kier molecular flexibility index (Phi) is 7.83. The van der Waals surface area contributed by atoms with Crippen LogP contribution in [0.2, 0.25) is 5.02 Å².